The van der Waals surface area contributed by atoms with Crippen LogP contribution < -0.4 is 20.1 Å². The molecule has 0 saturated carbocycles. The minimum Gasteiger partial charge on any atom is -0.454 e. The van der Waals surface area contributed by atoms with Crippen molar-refractivity contribution in [2.75, 3.05) is 31.9 Å². The zero-order chi connectivity index (χ0) is 24.4. The van der Waals surface area contributed by atoms with Crippen LogP contribution in [0.25, 0.3) is 0 Å². The predicted octanol–water partition coefficient (Wildman–Crippen LogP) is 4.65. The van der Waals surface area contributed by atoms with E-state index in [-0.39, 0.29) is 23.7 Å². The van der Waals surface area contributed by atoms with Gasteiger partial charge in [-0.25, -0.2) is 4.39 Å². The van der Waals surface area contributed by atoms with Gasteiger partial charge in [-0.3, -0.25) is 9.59 Å². The largest absolute Gasteiger partial charge is 0.454 e. The van der Waals surface area contributed by atoms with Crippen molar-refractivity contribution in [1.29, 1.82) is 0 Å². The first-order valence-corrected chi connectivity index (χ1v) is 12.2. The van der Waals surface area contributed by atoms with Crippen LogP contribution in [0.2, 0.25) is 0 Å². The van der Waals surface area contributed by atoms with E-state index < -0.39 is 11.7 Å². The number of ether oxygens (including phenoxy) is 3. The van der Waals surface area contributed by atoms with Gasteiger partial charge < -0.3 is 24.8 Å². The number of fused-ring (bicyclic) bond motifs is 1. The molecule has 0 bridgehead atoms. The van der Waals surface area contributed by atoms with Crippen LogP contribution in [0.5, 0.6) is 11.5 Å². The summed E-state index contributed by atoms with van der Waals surface area (Å²) >= 11 is 1.19. The number of anilines is 1. The van der Waals surface area contributed by atoms with Crippen molar-refractivity contribution in [2.45, 2.75) is 25.2 Å². The number of rotatable bonds is 6. The Balaban J connectivity index is 1.30. The molecule has 2 aromatic carbocycles. The quantitative estimate of drug-likeness (QED) is 0.519. The Hall–Kier alpha value is -3.43. The summed E-state index contributed by atoms with van der Waals surface area (Å²) in [5, 5.41) is 6.39. The summed E-state index contributed by atoms with van der Waals surface area (Å²) in [4.78, 5) is 26.1. The van der Waals surface area contributed by atoms with Crippen LogP contribution in [-0.2, 0) is 10.2 Å². The third-order valence-electron chi connectivity index (χ3n) is 6.47. The highest BCUT2D eigenvalue weighted by atomic mass is 32.1. The fourth-order valence-corrected chi connectivity index (χ4v) is 5.45. The highest BCUT2D eigenvalue weighted by molar-refractivity contribution is 7.18. The molecule has 0 spiro atoms. The number of halogens is 1. The van der Waals surface area contributed by atoms with Gasteiger partial charge in [0, 0.05) is 30.7 Å². The van der Waals surface area contributed by atoms with E-state index >= 15 is 0 Å². The van der Waals surface area contributed by atoms with Crippen molar-refractivity contribution in [1.82, 2.24) is 5.32 Å². The lowest BCUT2D eigenvalue weighted by atomic mass is 9.74. The van der Waals surface area contributed by atoms with E-state index in [1.807, 2.05) is 25.1 Å². The van der Waals surface area contributed by atoms with E-state index in [9.17, 15) is 14.0 Å². The number of carbonyl (C=O) groups is 2. The van der Waals surface area contributed by atoms with E-state index in [1.54, 1.807) is 6.07 Å². The highest BCUT2D eigenvalue weighted by Gasteiger charge is 2.36. The minimum atomic E-state index is -0.482. The van der Waals surface area contributed by atoms with Crippen molar-refractivity contribution < 1.29 is 28.2 Å². The van der Waals surface area contributed by atoms with Crippen molar-refractivity contribution in [2.24, 2.45) is 0 Å². The molecule has 7 nitrogen and oxygen atoms in total. The van der Waals surface area contributed by atoms with Crippen LogP contribution in [0.4, 0.5) is 9.39 Å². The Morgan fingerprint density at radius 2 is 1.83 bits per heavy atom. The number of hydrogen-bond acceptors (Lipinski definition) is 6. The van der Waals surface area contributed by atoms with Crippen LogP contribution in [0, 0.1) is 12.7 Å². The molecule has 0 unspecified atom stereocenters. The summed E-state index contributed by atoms with van der Waals surface area (Å²) in [6, 6.07) is 13.2. The number of nitrogens with one attached hydrogen (secondary N) is 2. The molecular formula is C26H25FN2O5S. The van der Waals surface area contributed by atoms with Crippen molar-refractivity contribution in [3.05, 3.63) is 75.9 Å². The minimum absolute atomic E-state index is 0.203. The standard InChI is InChI=1S/C26H25FN2O5S/c1-16-11-22(29-24(30)17-3-2-4-19(27)12-17)35-23(16)25(31)28-14-26(7-9-32-10-8-26)18-5-6-20-21(13-18)34-15-33-20/h2-6,11-13H,7-10,14-15H2,1H3,(H,28,31)(H,29,30). The third-order valence-corrected chi connectivity index (χ3v) is 7.62. The maximum absolute atomic E-state index is 13.4. The van der Waals surface area contributed by atoms with Gasteiger partial charge in [0.1, 0.15) is 5.82 Å². The molecule has 5 rings (SSSR count). The molecule has 3 heterocycles. The number of amides is 2. The van der Waals surface area contributed by atoms with Gasteiger partial charge in [-0.15, -0.1) is 11.3 Å². The molecule has 0 aliphatic carbocycles. The number of thiophene rings is 1. The van der Waals surface area contributed by atoms with Crippen LogP contribution in [0.1, 0.15) is 44.0 Å². The average molecular weight is 497 g/mol. The Bertz CT molecular complexity index is 1270. The van der Waals surface area contributed by atoms with E-state index in [1.165, 1.54) is 35.6 Å². The monoisotopic (exact) mass is 496 g/mol. The van der Waals surface area contributed by atoms with Crippen LogP contribution >= 0.6 is 11.3 Å². The Morgan fingerprint density at radius 3 is 2.63 bits per heavy atom. The van der Waals surface area contributed by atoms with Crippen LogP contribution in [0.15, 0.2) is 48.5 Å². The van der Waals surface area contributed by atoms with E-state index in [4.69, 9.17) is 14.2 Å². The topological polar surface area (TPSA) is 85.9 Å². The second kappa shape index (κ2) is 9.67. The molecular weight excluding hydrogens is 471 g/mol. The zero-order valence-electron chi connectivity index (χ0n) is 19.2. The first-order chi connectivity index (χ1) is 16.9. The predicted molar refractivity (Wildman–Crippen MR) is 130 cm³/mol. The molecule has 2 amide bonds. The maximum Gasteiger partial charge on any atom is 0.261 e. The molecule has 35 heavy (non-hydrogen) atoms. The molecule has 2 aliphatic rings. The molecule has 9 heteroatoms. The molecule has 0 radical (unpaired) electrons. The molecule has 1 saturated heterocycles. The maximum atomic E-state index is 13.4. The lowest BCUT2D eigenvalue weighted by molar-refractivity contribution is 0.0487. The SMILES string of the molecule is Cc1cc(NC(=O)c2cccc(F)c2)sc1C(=O)NCC1(c2ccc3c(c2)OCO3)CCOCC1. The van der Waals surface area contributed by atoms with Crippen molar-refractivity contribution >= 4 is 28.2 Å². The zero-order valence-corrected chi connectivity index (χ0v) is 20.0. The summed E-state index contributed by atoms with van der Waals surface area (Å²) in [5.41, 5.74) is 1.77. The molecule has 1 aromatic heterocycles. The first-order valence-electron chi connectivity index (χ1n) is 11.4. The smallest absolute Gasteiger partial charge is 0.261 e. The molecule has 2 aliphatic heterocycles. The van der Waals surface area contributed by atoms with Crippen molar-refractivity contribution in [3.63, 3.8) is 0 Å². The van der Waals surface area contributed by atoms with Crippen LogP contribution in [-0.4, -0.2) is 38.4 Å². The van der Waals surface area contributed by atoms with Gasteiger partial charge in [-0.05, 0) is 67.3 Å². The van der Waals surface area contributed by atoms with Gasteiger partial charge in [-0.2, -0.15) is 0 Å². The summed E-state index contributed by atoms with van der Waals surface area (Å²) in [5.74, 6) is 0.325. The molecule has 182 valence electrons. The summed E-state index contributed by atoms with van der Waals surface area (Å²) in [7, 11) is 0. The fraction of sp³-hybridized carbons (Fsp3) is 0.308. The van der Waals surface area contributed by atoms with Crippen molar-refractivity contribution in [3.8, 4) is 11.5 Å². The third kappa shape index (κ3) is 4.87. The second-order valence-corrected chi connectivity index (χ2v) is 9.78. The second-order valence-electron chi connectivity index (χ2n) is 8.73. The number of carbonyl (C=O) groups excluding carboxylic acids is 2. The highest BCUT2D eigenvalue weighted by Crippen LogP contribution is 2.40. The van der Waals surface area contributed by atoms with Gasteiger partial charge in [-0.1, -0.05) is 12.1 Å². The van der Waals surface area contributed by atoms with Crippen LogP contribution in [0.3, 0.4) is 0 Å². The molecule has 2 N–H and O–H groups in total. The Morgan fingerprint density at radius 1 is 1.03 bits per heavy atom. The lowest BCUT2D eigenvalue weighted by Crippen LogP contribution is -2.44. The summed E-state index contributed by atoms with van der Waals surface area (Å²) in [6.07, 6.45) is 1.54. The van der Waals surface area contributed by atoms with Gasteiger partial charge >= 0.3 is 0 Å². The number of benzene rings is 2. The average Bonchev–Trinajstić information content (AvgIpc) is 3.48. The van der Waals surface area contributed by atoms with Gasteiger partial charge in [0.2, 0.25) is 6.79 Å². The molecule has 3 aromatic rings. The fourth-order valence-electron chi connectivity index (χ4n) is 4.47. The van der Waals surface area contributed by atoms with E-state index in [0.29, 0.717) is 35.4 Å². The number of hydrogen-bond donors (Lipinski definition) is 2. The van der Waals surface area contributed by atoms with Gasteiger partial charge in [0.15, 0.2) is 11.5 Å². The normalized spacial score (nSPS) is 16.1. The number of aryl methyl sites for hydroxylation is 1. The van der Waals surface area contributed by atoms with Gasteiger partial charge in [0.25, 0.3) is 11.8 Å². The van der Waals surface area contributed by atoms with Gasteiger partial charge in [0.05, 0.1) is 9.88 Å². The molecule has 0 atom stereocenters. The van der Waals surface area contributed by atoms with E-state index in [0.717, 1.165) is 29.7 Å². The summed E-state index contributed by atoms with van der Waals surface area (Å²) < 4.78 is 30.1. The Labute approximate surface area is 206 Å². The van der Waals surface area contributed by atoms with E-state index in [2.05, 4.69) is 10.6 Å². The summed E-state index contributed by atoms with van der Waals surface area (Å²) in [6.45, 7) is 3.70. The Kier molecular flexibility index (Phi) is 6.44. The first kappa shape index (κ1) is 23.3. The molecule has 1 fully saturated rings. The lowest BCUT2D eigenvalue weighted by Gasteiger charge is -2.38.